The number of amides is 2. The molecule has 0 aliphatic carbocycles. The summed E-state index contributed by atoms with van der Waals surface area (Å²) in [5.74, 6) is -0.935. The number of rotatable bonds is 5. The largest absolute Gasteiger partial charge is 0.481 e. The minimum absolute atomic E-state index is 0.0929. The summed E-state index contributed by atoms with van der Waals surface area (Å²) in [6.45, 7) is 7.31. The second-order valence-corrected chi connectivity index (χ2v) is 5.39. The number of carbonyl (C=O) groups is 2. The first-order valence-electron chi connectivity index (χ1n) is 5.98. The van der Waals surface area contributed by atoms with Crippen LogP contribution in [0, 0.1) is 0 Å². The van der Waals surface area contributed by atoms with Crippen molar-refractivity contribution in [2.24, 2.45) is 0 Å². The molecule has 18 heavy (non-hydrogen) atoms. The van der Waals surface area contributed by atoms with Crippen LogP contribution in [0.2, 0.25) is 0 Å². The first-order valence-corrected chi connectivity index (χ1v) is 5.98. The van der Waals surface area contributed by atoms with E-state index >= 15 is 0 Å². The predicted molar refractivity (Wildman–Crippen MR) is 68.4 cm³/mol. The molecular weight excluding hydrogens is 236 g/mol. The fourth-order valence-electron chi connectivity index (χ4n) is 1.43. The van der Waals surface area contributed by atoms with Gasteiger partial charge in [0, 0.05) is 19.1 Å². The number of aliphatic carboxylic acids is 1. The highest BCUT2D eigenvalue weighted by molar-refractivity contribution is 5.76. The minimum atomic E-state index is -0.935. The van der Waals surface area contributed by atoms with Crippen molar-refractivity contribution in [2.75, 3.05) is 20.2 Å². The highest BCUT2D eigenvalue weighted by atomic mass is 16.4. The van der Waals surface area contributed by atoms with Crippen molar-refractivity contribution in [1.82, 2.24) is 9.80 Å². The molecule has 0 rings (SSSR count). The van der Waals surface area contributed by atoms with Gasteiger partial charge in [0.05, 0.1) is 19.1 Å². The van der Waals surface area contributed by atoms with E-state index in [4.69, 9.17) is 10.2 Å². The van der Waals surface area contributed by atoms with Gasteiger partial charge >= 0.3 is 12.0 Å². The minimum Gasteiger partial charge on any atom is -0.481 e. The molecule has 0 aromatic carbocycles. The molecule has 0 fully saturated rings. The third kappa shape index (κ3) is 4.91. The van der Waals surface area contributed by atoms with Gasteiger partial charge in [-0.3, -0.25) is 4.79 Å². The predicted octanol–water partition coefficient (Wildman–Crippen LogP) is 0.994. The molecule has 1 unspecified atom stereocenters. The second-order valence-electron chi connectivity index (χ2n) is 5.39. The monoisotopic (exact) mass is 260 g/mol. The van der Waals surface area contributed by atoms with Crippen molar-refractivity contribution in [3.8, 4) is 0 Å². The molecule has 0 saturated heterocycles. The fourth-order valence-corrected chi connectivity index (χ4v) is 1.43. The lowest BCUT2D eigenvalue weighted by Gasteiger charge is -2.39. The number of likely N-dealkylation sites (N-methyl/N-ethyl adjacent to an activating group) is 1. The summed E-state index contributed by atoms with van der Waals surface area (Å²) in [6.07, 6.45) is -0.0929. The van der Waals surface area contributed by atoms with E-state index in [1.54, 1.807) is 14.0 Å². The Labute approximate surface area is 108 Å². The number of carboxylic acid groups (broad SMARTS) is 1. The molecule has 0 heterocycles. The summed E-state index contributed by atoms with van der Waals surface area (Å²) >= 11 is 0. The molecule has 0 aromatic heterocycles. The zero-order valence-corrected chi connectivity index (χ0v) is 11.8. The van der Waals surface area contributed by atoms with Crippen LogP contribution in [0.4, 0.5) is 4.79 Å². The van der Waals surface area contributed by atoms with Gasteiger partial charge in [-0.1, -0.05) is 0 Å². The van der Waals surface area contributed by atoms with Gasteiger partial charge in [0.2, 0.25) is 0 Å². The smallest absolute Gasteiger partial charge is 0.320 e. The van der Waals surface area contributed by atoms with Crippen molar-refractivity contribution in [1.29, 1.82) is 0 Å². The van der Waals surface area contributed by atoms with Crippen LogP contribution in [-0.2, 0) is 4.79 Å². The van der Waals surface area contributed by atoms with Crippen LogP contribution >= 0.6 is 0 Å². The van der Waals surface area contributed by atoms with E-state index in [0.29, 0.717) is 0 Å². The number of aliphatic hydroxyl groups excluding tert-OH is 1. The quantitative estimate of drug-likeness (QED) is 0.772. The van der Waals surface area contributed by atoms with Crippen LogP contribution in [0.1, 0.15) is 34.1 Å². The number of hydrogen-bond acceptors (Lipinski definition) is 3. The van der Waals surface area contributed by atoms with Crippen molar-refractivity contribution in [3.05, 3.63) is 0 Å². The molecule has 2 amide bonds. The van der Waals surface area contributed by atoms with E-state index in [1.807, 2.05) is 20.8 Å². The van der Waals surface area contributed by atoms with Crippen molar-refractivity contribution in [3.63, 3.8) is 0 Å². The lowest BCUT2D eigenvalue weighted by molar-refractivity contribution is -0.137. The standard InChI is InChI=1S/C12H24N2O4/c1-9(8-15)13(5)11(18)14(12(2,3)4)7-6-10(16)17/h9,15H,6-8H2,1-5H3,(H,16,17). The SMILES string of the molecule is CC(CO)N(C)C(=O)N(CCC(=O)O)C(C)(C)C. The summed E-state index contributed by atoms with van der Waals surface area (Å²) < 4.78 is 0. The summed E-state index contributed by atoms with van der Waals surface area (Å²) in [6, 6.07) is -0.572. The Balaban J connectivity index is 4.86. The lowest BCUT2D eigenvalue weighted by atomic mass is 10.1. The van der Waals surface area contributed by atoms with Crippen LogP contribution < -0.4 is 0 Å². The fraction of sp³-hybridized carbons (Fsp3) is 0.833. The maximum Gasteiger partial charge on any atom is 0.320 e. The maximum atomic E-state index is 12.3. The normalized spacial score (nSPS) is 13.0. The molecule has 0 radical (unpaired) electrons. The molecule has 0 aliphatic heterocycles. The molecular formula is C12H24N2O4. The molecule has 0 aromatic rings. The van der Waals surface area contributed by atoms with Crippen molar-refractivity contribution >= 4 is 12.0 Å². The number of hydrogen-bond donors (Lipinski definition) is 2. The number of urea groups is 1. The van der Waals surface area contributed by atoms with Crippen LogP contribution in [0.3, 0.4) is 0 Å². The molecule has 2 N–H and O–H groups in total. The zero-order valence-electron chi connectivity index (χ0n) is 11.8. The topological polar surface area (TPSA) is 81.1 Å². The average molecular weight is 260 g/mol. The van der Waals surface area contributed by atoms with E-state index in [1.165, 1.54) is 9.80 Å². The van der Waals surface area contributed by atoms with Gasteiger partial charge in [0.25, 0.3) is 0 Å². The van der Waals surface area contributed by atoms with Crippen LogP contribution in [0.25, 0.3) is 0 Å². The first-order chi connectivity index (χ1) is 8.11. The lowest BCUT2D eigenvalue weighted by Crippen LogP contribution is -2.54. The van der Waals surface area contributed by atoms with Crippen LogP contribution in [-0.4, -0.2) is 63.8 Å². The summed E-state index contributed by atoms with van der Waals surface area (Å²) in [5.41, 5.74) is -0.462. The van der Waals surface area contributed by atoms with E-state index in [2.05, 4.69) is 0 Å². The number of carboxylic acids is 1. The highest BCUT2D eigenvalue weighted by Crippen LogP contribution is 2.17. The average Bonchev–Trinajstić information content (AvgIpc) is 2.24. The third-order valence-electron chi connectivity index (χ3n) is 2.82. The first kappa shape index (κ1) is 16.7. The highest BCUT2D eigenvalue weighted by Gasteiger charge is 2.30. The maximum absolute atomic E-state index is 12.3. The van der Waals surface area contributed by atoms with Gasteiger partial charge in [-0.15, -0.1) is 0 Å². The summed E-state index contributed by atoms with van der Waals surface area (Å²) in [5, 5.41) is 17.8. The van der Waals surface area contributed by atoms with Gasteiger partial charge in [-0.05, 0) is 27.7 Å². The summed E-state index contributed by atoms with van der Waals surface area (Å²) in [4.78, 5) is 25.8. The summed E-state index contributed by atoms with van der Waals surface area (Å²) in [7, 11) is 1.60. The Morgan fingerprint density at radius 3 is 2.11 bits per heavy atom. The Morgan fingerprint density at radius 1 is 1.28 bits per heavy atom. The Kier molecular flexibility index (Phi) is 6.11. The molecule has 0 saturated carbocycles. The number of nitrogens with zero attached hydrogens (tertiary/aromatic N) is 2. The number of carbonyl (C=O) groups excluding carboxylic acids is 1. The third-order valence-corrected chi connectivity index (χ3v) is 2.82. The van der Waals surface area contributed by atoms with Crippen molar-refractivity contribution < 1.29 is 19.8 Å². The molecule has 0 aliphatic rings. The van der Waals surface area contributed by atoms with Gasteiger partial charge in [-0.2, -0.15) is 0 Å². The number of aliphatic hydroxyl groups is 1. The molecule has 6 heteroatoms. The molecule has 106 valence electrons. The second kappa shape index (κ2) is 6.58. The van der Waals surface area contributed by atoms with Gasteiger partial charge in [-0.25, -0.2) is 4.79 Å². The van der Waals surface area contributed by atoms with E-state index in [-0.39, 0.29) is 31.6 Å². The van der Waals surface area contributed by atoms with Gasteiger partial charge in [0.15, 0.2) is 0 Å². The zero-order chi connectivity index (χ0) is 14.5. The Morgan fingerprint density at radius 2 is 1.78 bits per heavy atom. The van der Waals surface area contributed by atoms with E-state index in [9.17, 15) is 9.59 Å². The Hall–Kier alpha value is -1.30. The van der Waals surface area contributed by atoms with Crippen LogP contribution in [0.5, 0.6) is 0 Å². The molecule has 0 bridgehead atoms. The molecule has 6 nitrogen and oxygen atoms in total. The van der Waals surface area contributed by atoms with Crippen molar-refractivity contribution in [2.45, 2.75) is 45.7 Å². The van der Waals surface area contributed by atoms with Gasteiger partial charge in [0.1, 0.15) is 0 Å². The molecule has 0 spiro atoms. The Bertz CT molecular complexity index is 299. The molecule has 1 atom stereocenters. The van der Waals surface area contributed by atoms with E-state index in [0.717, 1.165) is 0 Å². The van der Waals surface area contributed by atoms with Crippen LogP contribution in [0.15, 0.2) is 0 Å². The van der Waals surface area contributed by atoms with Gasteiger partial charge < -0.3 is 20.0 Å². The van der Waals surface area contributed by atoms with E-state index < -0.39 is 11.5 Å².